The van der Waals surface area contributed by atoms with E-state index < -0.39 is 5.91 Å². The monoisotopic (exact) mass is 207 g/mol. The predicted molar refractivity (Wildman–Crippen MR) is 48.9 cm³/mol. The Hall–Kier alpha value is -2.11. The van der Waals surface area contributed by atoms with Crippen LogP contribution < -0.4 is 5.32 Å². The van der Waals surface area contributed by atoms with Crippen LogP contribution in [0.4, 0.5) is 0 Å². The van der Waals surface area contributed by atoms with Crippen LogP contribution in [-0.4, -0.2) is 16.0 Å². The molecular formula is C9H9N3O3. The molecule has 0 aromatic carbocycles. The Morgan fingerprint density at radius 2 is 2.47 bits per heavy atom. The van der Waals surface area contributed by atoms with Gasteiger partial charge in [0, 0.05) is 0 Å². The van der Waals surface area contributed by atoms with Crippen molar-refractivity contribution in [2.45, 2.75) is 13.5 Å². The van der Waals surface area contributed by atoms with Gasteiger partial charge in [0.05, 0.1) is 12.8 Å². The van der Waals surface area contributed by atoms with Crippen molar-refractivity contribution >= 4 is 5.91 Å². The predicted octanol–water partition coefficient (Wildman–Crippen LogP) is 0.901. The molecule has 6 heteroatoms. The first-order valence-corrected chi connectivity index (χ1v) is 4.36. The van der Waals surface area contributed by atoms with Crippen LogP contribution in [0.3, 0.4) is 0 Å². The van der Waals surface area contributed by atoms with E-state index in [0.29, 0.717) is 18.1 Å². The molecule has 0 aliphatic carbocycles. The number of hydrogen-bond acceptors (Lipinski definition) is 5. The Morgan fingerprint density at radius 1 is 1.60 bits per heavy atom. The van der Waals surface area contributed by atoms with Crippen LogP contribution in [0.15, 0.2) is 27.3 Å². The van der Waals surface area contributed by atoms with Gasteiger partial charge in [-0.25, -0.2) is 0 Å². The molecule has 2 aromatic rings. The summed E-state index contributed by atoms with van der Waals surface area (Å²) in [6.45, 7) is 1.94. The highest BCUT2D eigenvalue weighted by molar-refractivity contribution is 5.89. The summed E-state index contributed by atoms with van der Waals surface area (Å²) in [5.41, 5.74) is 0. The summed E-state index contributed by atoms with van der Waals surface area (Å²) in [4.78, 5) is 15.2. The second kappa shape index (κ2) is 3.95. The number of carbonyl (C=O) groups is 1. The van der Waals surface area contributed by atoms with Gasteiger partial charge in [-0.05, 0) is 19.1 Å². The summed E-state index contributed by atoms with van der Waals surface area (Å²) in [7, 11) is 0. The molecule has 2 heterocycles. The maximum Gasteiger partial charge on any atom is 0.315 e. The summed E-state index contributed by atoms with van der Waals surface area (Å²) in [5.74, 6) is 0.642. The fourth-order valence-electron chi connectivity index (χ4n) is 1.05. The fourth-order valence-corrected chi connectivity index (χ4v) is 1.05. The molecule has 1 N–H and O–H groups in total. The van der Waals surface area contributed by atoms with Crippen molar-refractivity contribution in [2.24, 2.45) is 0 Å². The summed E-state index contributed by atoms with van der Waals surface area (Å²) in [6.07, 6.45) is 1.54. The molecule has 2 aromatic heterocycles. The number of hydrogen-bond donors (Lipinski definition) is 1. The number of carbonyl (C=O) groups excluding carboxylic acids is 1. The average Bonchev–Trinajstić information content (AvgIpc) is 2.84. The highest BCUT2D eigenvalue weighted by atomic mass is 16.5. The van der Waals surface area contributed by atoms with Crippen LogP contribution in [0.2, 0.25) is 0 Å². The Bertz CT molecular complexity index is 447. The Balaban J connectivity index is 1.93. The zero-order chi connectivity index (χ0) is 10.7. The Labute approximate surface area is 85.3 Å². The van der Waals surface area contributed by atoms with Gasteiger partial charge in [-0.2, -0.15) is 4.98 Å². The van der Waals surface area contributed by atoms with E-state index in [-0.39, 0.29) is 5.89 Å². The SMILES string of the molecule is Cc1noc(C(=O)NCc2ccco2)n1. The van der Waals surface area contributed by atoms with E-state index in [1.54, 1.807) is 25.3 Å². The lowest BCUT2D eigenvalue weighted by Gasteiger charge is -1.97. The second-order valence-electron chi connectivity index (χ2n) is 2.91. The number of aromatic nitrogens is 2. The number of amides is 1. The normalized spacial score (nSPS) is 10.2. The van der Waals surface area contributed by atoms with Gasteiger partial charge in [0.15, 0.2) is 5.82 Å². The molecule has 0 unspecified atom stereocenters. The number of nitrogens with one attached hydrogen (secondary N) is 1. The van der Waals surface area contributed by atoms with Crippen LogP contribution in [0.25, 0.3) is 0 Å². The zero-order valence-corrected chi connectivity index (χ0v) is 8.06. The lowest BCUT2D eigenvalue weighted by molar-refractivity contribution is 0.0904. The zero-order valence-electron chi connectivity index (χ0n) is 8.06. The van der Waals surface area contributed by atoms with Crippen molar-refractivity contribution in [1.82, 2.24) is 15.5 Å². The molecule has 0 fully saturated rings. The van der Waals surface area contributed by atoms with Crippen molar-refractivity contribution in [1.29, 1.82) is 0 Å². The quantitative estimate of drug-likeness (QED) is 0.808. The van der Waals surface area contributed by atoms with Gasteiger partial charge in [-0.15, -0.1) is 0 Å². The summed E-state index contributed by atoms with van der Waals surface area (Å²) >= 11 is 0. The third kappa shape index (κ3) is 2.22. The first-order valence-electron chi connectivity index (χ1n) is 4.36. The largest absolute Gasteiger partial charge is 0.467 e. The fraction of sp³-hybridized carbons (Fsp3) is 0.222. The minimum atomic E-state index is -0.410. The lowest BCUT2D eigenvalue weighted by atomic mass is 10.4. The van der Waals surface area contributed by atoms with Crippen LogP contribution in [0, 0.1) is 6.92 Å². The van der Waals surface area contributed by atoms with E-state index in [2.05, 4.69) is 15.5 Å². The molecule has 0 saturated heterocycles. The molecular weight excluding hydrogens is 198 g/mol. The minimum Gasteiger partial charge on any atom is -0.467 e. The van der Waals surface area contributed by atoms with Crippen LogP contribution in [0.5, 0.6) is 0 Å². The van der Waals surface area contributed by atoms with Gasteiger partial charge >= 0.3 is 11.8 Å². The van der Waals surface area contributed by atoms with Gasteiger partial charge in [0.2, 0.25) is 0 Å². The average molecular weight is 207 g/mol. The minimum absolute atomic E-state index is 0.0425. The molecule has 0 radical (unpaired) electrons. The maximum atomic E-state index is 11.4. The van der Waals surface area contributed by atoms with E-state index in [4.69, 9.17) is 8.94 Å². The van der Waals surface area contributed by atoms with Gasteiger partial charge in [-0.3, -0.25) is 4.79 Å². The molecule has 0 spiro atoms. The van der Waals surface area contributed by atoms with Crippen molar-refractivity contribution in [3.05, 3.63) is 35.9 Å². The van der Waals surface area contributed by atoms with E-state index in [0.717, 1.165) is 0 Å². The van der Waals surface area contributed by atoms with Crippen molar-refractivity contribution < 1.29 is 13.7 Å². The Kier molecular flexibility index (Phi) is 2.49. The highest BCUT2D eigenvalue weighted by Gasteiger charge is 2.13. The second-order valence-corrected chi connectivity index (χ2v) is 2.91. The topological polar surface area (TPSA) is 81.2 Å². The van der Waals surface area contributed by atoms with E-state index in [9.17, 15) is 4.79 Å². The molecule has 0 saturated carbocycles. The molecule has 2 rings (SSSR count). The van der Waals surface area contributed by atoms with Crippen molar-refractivity contribution in [2.75, 3.05) is 0 Å². The van der Waals surface area contributed by atoms with E-state index in [1.165, 1.54) is 0 Å². The summed E-state index contributed by atoms with van der Waals surface area (Å²) in [5, 5.41) is 6.10. The number of nitrogens with zero attached hydrogens (tertiary/aromatic N) is 2. The third-order valence-corrected chi connectivity index (χ3v) is 1.73. The molecule has 6 nitrogen and oxygen atoms in total. The van der Waals surface area contributed by atoms with Gasteiger partial charge in [0.1, 0.15) is 5.76 Å². The lowest BCUT2D eigenvalue weighted by Crippen LogP contribution is -2.22. The van der Waals surface area contributed by atoms with Crippen molar-refractivity contribution in [3.63, 3.8) is 0 Å². The third-order valence-electron chi connectivity index (χ3n) is 1.73. The molecule has 0 bridgehead atoms. The smallest absolute Gasteiger partial charge is 0.315 e. The number of rotatable bonds is 3. The van der Waals surface area contributed by atoms with E-state index in [1.807, 2.05) is 0 Å². The molecule has 0 aliphatic heterocycles. The van der Waals surface area contributed by atoms with Crippen LogP contribution >= 0.6 is 0 Å². The molecule has 15 heavy (non-hydrogen) atoms. The van der Waals surface area contributed by atoms with Crippen molar-refractivity contribution in [3.8, 4) is 0 Å². The van der Waals surface area contributed by atoms with Gasteiger partial charge in [0.25, 0.3) is 0 Å². The number of aryl methyl sites for hydroxylation is 1. The molecule has 1 amide bonds. The van der Waals surface area contributed by atoms with Crippen LogP contribution in [0.1, 0.15) is 22.3 Å². The first-order chi connectivity index (χ1) is 7.25. The molecule has 0 atom stereocenters. The first kappa shape index (κ1) is 9.45. The van der Waals surface area contributed by atoms with E-state index >= 15 is 0 Å². The summed E-state index contributed by atoms with van der Waals surface area (Å²) in [6, 6.07) is 3.51. The van der Waals surface area contributed by atoms with Gasteiger partial charge in [-0.1, -0.05) is 5.16 Å². The number of furan rings is 1. The summed E-state index contributed by atoms with van der Waals surface area (Å²) < 4.78 is 9.74. The maximum absolute atomic E-state index is 11.4. The molecule has 78 valence electrons. The standard InChI is InChI=1S/C9H9N3O3/c1-6-11-9(15-12-6)8(13)10-5-7-3-2-4-14-7/h2-4H,5H2,1H3,(H,10,13). The Morgan fingerprint density at radius 3 is 3.07 bits per heavy atom. The van der Waals surface area contributed by atoms with Gasteiger partial charge < -0.3 is 14.3 Å². The molecule has 0 aliphatic rings. The highest BCUT2D eigenvalue weighted by Crippen LogP contribution is 2.00. The van der Waals surface area contributed by atoms with Crippen LogP contribution in [-0.2, 0) is 6.54 Å².